The summed E-state index contributed by atoms with van der Waals surface area (Å²) < 4.78 is 25.7. The van der Waals surface area contributed by atoms with Crippen LogP contribution in [0.2, 0.25) is 0 Å². The van der Waals surface area contributed by atoms with Crippen LogP contribution in [-0.2, 0) is 4.74 Å². The van der Waals surface area contributed by atoms with Crippen molar-refractivity contribution in [1.82, 2.24) is 14.9 Å². The van der Waals surface area contributed by atoms with Crippen LogP contribution >= 0.6 is 0 Å². The van der Waals surface area contributed by atoms with E-state index in [-0.39, 0.29) is 29.5 Å². The third kappa shape index (κ3) is 4.79. The molecule has 1 aromatic carbocycles. The number of piperidine rings is 1. The standard InChI is InChI=1S/C25H31FN6O2/c1-25(2)12-18(11-19-4-3-8-32(19)25)29-23-21(26)14-28-24(31-23)30-17-5-6-22(16(10-17)13-27)34-15-20-7-9-33-20/h5-6,10,14,18-20H,3-4,7-9,11-12,15H2,1-2H3,(H2,28,29,30,31)/t18-,19-,20?/m1/s1. The van der Waals surface area contributed by atoms with E-state index in [1.807, 2.05) is 0 Å². The molecule has 0 spiro atoms. The molecule has 1 aromatic heterocycles. The van der Waals surface area contributed by atoms with Crippen molar-refractivity contribution in [3.8, 4) is 11.8 Å². The van der Waals surface area contributed by atoms with Crippen molar-refractivity contribution in [3.63, 3.8) is 0 Å². The van der Waals surface area contributed by atoms with E-state index in [2.05, 4.69) is 45.4 Å². The van der Waals surface area contributed by atoms with E-state index in [1.54, 1.807) is 18.2 Å². The normalized spacial score (nSPS) is 25.6. The van der Waals surface area contributed by atoms with E-state index in [0.717, 1.165) is 32.4 Å². The van der Waals surface area contributed by atoms with E-state index in [9.17, 15) is 9.65 Å². The Morgan fingerprint density at radius 3 is 2.97 bits per heavy atom. The second kappa shape index (κ2) is 9.35. The van der Waals surface area contributed by atoms with E-state index < -0.39 is 5.82 Å². The summed E-state index contributed by atoms with van der Waals surface area (Å²) in [6, 6.07) is 8.04. The van der Waals surface area contributed by atoms with Crippen molar-refractivity contribution < 1.29 is 13.9 Å². The first kappa shape index (κ1) is 22.8. The molecule has 0 bridgehead atoms. The monoisotopic (exact) mass is 466 g/mol. The second-order valence-electron chi connectivity index (χ2n) is 10.0. The average Bonchev–Trinajstić information content (AvgIpc) is 3.25. The van der Waals surface area contributed by atoms with Crippen LogP contribution in [0.25, 0.3) is 0 Å². The smallest absolute Gasteiger partial charge is 0.229 e. The van der Waals surface area contributed by atoms with Gasteiger partial charge in [-0.15, -0.1) is 0 Å². The Bertz CT molecular complexity index is 1080. The third-order valence-corrected chi connectivity index (χ3v) is 7.12. The van der Waals surface area contributed by atoms with Crippen LogP contribution in [-0.4, -0.2) is 58.4 Å². The number of nitrogens with zero attached hydrogens (tertiary/aromatic N) is 4. The highest BCUT2D eigenvalue weighted by Crippen LogP contribution is 2.38. The van der Waals surface area contributed by atoms with Crippen molar-refractivity contribution >= 4 is 17.5 Å². The van der Waals surface area contributed by atoms with Crippen LogP contribution < -0.4 is 15.4 Å². The number of rotatable bonds is 7. The SMILES string of the molecule is CC1(C)C[C@H](Nc2nc(Nc3ccc(OCC4CCO4)c(C#N)c3)ncc2F)C[C@H]2CCCN21. The Kier molecular flexibility index (Phi) is 6.28. The summed E-state index contributed by atoms with van der Waals surface area (Å²) in [5, 5.41) is 16.0. The van der Waals surface area contributed by atoms with Crippen molar-refractivity contribution in [1.29, 1.82) is 5.26 Å². The lowest BCUT2D eigenvalue weighted by Gasteiger charge is -2.47. The van der Waals surface area contributed by atoms with Crippen molar-refractivity contribution in [2.45, 2.75) is 69.7 Å². The molecule has 5 rings (SSSR count). The maximum atomic E-state index is 14.6. The van der Waals surface area contributed by atoms with Gasteiger partial charge in [-0.2, -0.15) is 10.2 Å². The molecular weight excluding hydrogens is 435 g/mol. The maximum absolute atomic E-state index is 14.6. The Hall–Kier alpha value is -2.96. The molecule has 1 unspecified atom stereocenters. The fourth-order valence-corrected chi connectivity index (χ4v) is 5.39. The summed E-state index contributed by atoms with van der Waals surface area (Å²) in [6.45, 7) is 6.86. The van der Waals surface area contributed by atoms with Crippen molar-refractivity contribution in [2.24, 2.45) is 0 Å². The zero-order valence-corrected chi connectivity index (χ0v) is 19.7. The summed E-state index contributed by atoms with van der Waals surface area (Å²) in [7, 11) is 0. The maximum Gasteiger partial charge on any atom is 0.229 e. The number of anilines is 3. The number of ether oxygens (including phenoxy) is 2. The van der Waals surface area contributed by atoms with Crippen molar-refractivity contribution in [3.05, 3.63) is 35.8 Å². The van der Waals surface area contributed by atoms with Gasteiger partial charge in [-0.05, 0) is 64.3 Å². The number of hydrogen-bond donors (Lipinski definition) is 2. The molecule has 2 aromatic rings. The van der Waals surface area contributed by atoms with Gasteiger partial charge in [0, 0.05) is 36.3 Å². The number of nitrogens with one attached hydrogen (secondary N) is 2. The Labute approximate surface area is 199 Å². The summed E-state index contributed by atoms with van der Waals surface area (Å²) in [5.41, 5.74) is 1.10. The topological polar surface area (TPSA) is 95.3 Å². The molecule has 3 aliphatic heterocycles. The van der Waals surface area contributed by atoms with Crippen LogP contribution in [0.15, 0.2) is 24.4 Å². The van der Waals surface area contributed by atoms with Gasteiger partial charge in [0.2, 0.25) is 5.95 Å². The molecule has 3 aliphatic rings. The molecule has 0 radical (unpaired) electrons. The molecule has 0 aliphatic carbocycles. The number of fused-ring (bicyclic) bond motifs is 1. The van der Waals surface area contributed by atoms with E-state index in [0.29, 0.717) is 29.6 Å². The Balaban J connectivity index is 1.27. The van der Waals surface area contributed by atoms with E-state index in [4.69, 9.17) is 9.47 Å². The predicted molar refractivity (Wildman–Crippen MR) is 127 cm³/mol. The van der Waals surface area contributed by atoms with Gasteiger partial charge in [0.1, 0.15) is 18.4 Å². The average molecular weight is 467 g/mol. The molecule has 0 saturated carbocycles. The van der Waals surface area contributed by atoms with Gasteiger partial charge in [0.15, 0.2) is 11.6 Å². The van der Waals surface area contributed by atoms with Crippen LogP contribution in [0.3, 0.4) is 0 Å². The highest BCUT2D eigenvalue weighted by Gasteiger charge is 2.43. The summed E-state index contributed by atoms with van der Waals surface area (Å²) in [4.78, 5) is 11.1. The minimum Gasteiger partial charge on any atom is -0.489 e. The molecule has 3 atom stereocenters. The zero-order chi connectivity index (χ0) is 23.7. The lowest BCUT2D eigenvalue weighted by Crippen LogP contribution is -2.55. The van der Waals surface area contributed by atoms with Gasteiger partial charge in [-0.25, -0.2) is 9.37 Å². The molecule has 3 saturated heterocycles. The lowest BCUT2D eigenvalue weighted by molar-refractivity contribution is -0.0721. The van der Waals surface area contributed by atoms with Gasteiger partial charge in [-0.1, -0.05) is 0 Å². The first-order valence-electron chi connectivity index (χ1n) is 12.0. The molecule has 34 heavy (non-hydrogen) atoms. The summed E-state index contributed by atoms with van der Waals surface area (Å²) >= 11 is 0. The van der Waals surface area contributed by atoms with Crippen LogP contribution in [0, 0.1) is 17.1 Å². The largest absolute Gasteiger partial charge is 0.489 e. The molecular formula is C25H31FN6O2. The van der Waals surface area contributed by atoms with Gasteiger partial charge < -0.3 is 20.1 Å². The van der Waals surface area contributed by atoms with Gasteiger partial charge in [0.25, 0.3) is 0 Å². The number of hydrogen-bond acceptors (Lipinski definition) is 8. The minimum absolute atomic E-state index is 0.0734. The van der Waals surface area contributed by atoms with Crippen molar-refractivity contribution in [2.75, 3.05) is 30.4 Å². The Morgan fingerprint density at radius 2 is 2.21 bits per heavy atom. The molecule has 9 heteroatoms. The second-order valence-corrected chi connectivity index (χ2v) is 10.0. The Morgan fingerprint density at radius 1 is 1.35 bits per heavy atom. The number of halogens is 1. The summed E-state index contributed by atoms with van der Waals surface area (Å²) in [6.07, 6.45) is 6.55. The highest BCUT2D eigenvalue weighted by atomic mass is 19.1. The lowest BCUT2D eigenvalue weighted by atomic mass is 9.84. The molecule has 3 fully saturated rings. The first-order chi connectivity index (χ1) is 16.4. The predicted octanol–water partition coefficient (Wildman–Crippen LogP) is 4.22. The third-order valence-electron chi connectivity index (χ3n) is 7.12. The van der Waals surface area contributed by atoms with E-state index in [1.165, 1.54) is 19.0 Å². The summed E-state index contributed by atoms with van der Waals surface area (Å²) in [5.74, 6) is 0.497. The molecule has 8 nitrogen and oxygen atoms in total. The fraction of sp³-hybridized carbons (Fsp3) is 0.560. The van der Waals surface area contributed by atoms with Gasteiger partial charge in [-0.3, -0.25) is 4.90 Å². The molecule has 180 valence electrons. The highest BCUT2D eigenvalue weighted by molar-refractivity contribution is 5.61. The fourth-order valence-electron chi connectivity index (χ4n) is 5.39. The molecule has 0 amide bonds. The number of benzene rings is 1. The number of aromatic nitrogens is 2. The molecule has 2 N–H and O–H groups in total. The van der Waals surface area contributed by atoms with E-state index >= 15 is 0 Å². The quantitative estimate of drug-likeness (QED) is 0.626. The van der Waals surface area contributed by atoms with Crippen LogP contribution in [0.1, 0.15) is 51.5 Å². The van der Waals surface area contributed by atoms with Gasteiger partial charge >= 0.3 is 0 Å². The number of nitriles is 1. The minimum atomic E-state index is -0.475. The van der Waals surface area contributed by atoms with Crippen LogP contribution in [0.5, 0.6) is 5.75 Å². The first-order valence-corrected chi connectivity index (χ1v) is 12.0. The van der Waals surface area contributed by atoms with Crippen LogP contribution in [0.4, 0.5) is 21.8 Å². The van der Waals surface area contributed by atoms with Gasteiger partial charge in [0.05, 0.1) is 17.9 Å². The zero-order valence-electron chi connectivity index (χ0n) is 19.7. The molecule has 4 heterocycles.